The Morgan fingerprint density at radius 2 is 2.12 bits per heavy atom. The van der Waals surface area contributed by atoms with E-state index in [1.807, 2.05) is 18.7 Å². The highest BCUT2D eigenvalue weighted by molar-refractivity contribution is 7.81. The van der Waals surface area contributed by atoms with E-state index < -0.39 is 0 Å². The van der Waals surface area contributed by atoms with Crippen molar-refractivity contribution >= 4 is 18.5 Å². The molecule has 1 aliphatic rings. The molecular formula is C12H23NO2S. The molecule has 16 heavy (non-hydrogen) atoms. The average molecular weight is 245 g/mol. The molecule has 94 valence electrons. The molecule has 0 aromatic rings. The van der Waals surface area contributed by atoms with Crippen molar-refractivity contribution in [3.63, 3.8) is 0 Å². The van der Waals surface area contributed by atoms with Crippen LogP contribution in [-0.2, 0) is 9.53 Å². The van der Waals surface area contributed by atoms with Crippen molar-refractivity contribution < 1.29 is 9.53 Å². The lowest BCUT2D eigenvalue weighted by Gasteiger charge is -2.40. The van der Waals surface area contributed by atoms with Crippen molar-refractivity contribution in [3.8, 4) is 0 Å². The summed E-state index contributed by atoms with van der Waals surface area (Å²) in [6.45, 7) is 7.63. The summed E-state index contributed by atoms with van der Waals surface area (Å²) in [5.74, 6) is 0.410. The third kappa shape index (κ3) is 3.14. The molecule has 0 bridgehead atoms. The Labute approximate surface area is 104 Å². The van der Waals surface area contributed by atoms with Crippen molar-refractivity contribution in [2.24, 2.45) is 5.92 Å². The van der Waals surface area contributed by atoms with Crippen LogP contribution < -0.4 is 0 Å². The maximum Gasteiger partial charge on any atom is 0.235 e. The van der Waals surface area contributed by atoms with Crippen LogP contribution in [0, 0.1) is 5.92 Å². The minimum atomic E-state index is -0.195. The van der Waals surface area contributed by atoms with Crippen molar-refractivity contribution in [1.29, 1.82) is 0 Å². The fourth-order valence-corrected chi connectivity index (χ4v) is 2.20. The molecule has 1 aliphatic heterocycles. The Hall–Kier alpha value is -0.220. The Bertz CT molecular complexity index is 257. The molecule has 2 atom stereocenters. The minimum Gasteiger partial charge on any atom is -0.377 e. The minimum absolute atomic E-state index is 0.140. The number of amides is 1. The number of thiol groups is 1. The van der Waals surface area contributed by atoms with Crippen LogP contribution in [0.1, 0.15) is 33.6 Å². The number of ether oxygens (including phenoxy) is 1. The highest BCUT2D eigenvalue weighted by atomic mass is 32.1. The van der Waals surface area contributed by atoms with Gasteiger partial charge in [0, 0.05) is 20.2 Å². The van der Waals surface area contributed by atoms with Crippen LogP contribution in [0.2, 0.25) is 0 Å². The third-order valence-electron chi connectivity index (χ3n) is 3.35. The summed E-state index contributed by atoms with van der Waals surface area (Å²) < 4.78 is 5.48. The van der Waals surface area contributed by atoms with Crippen LogP contribution in [0.25, 0.3) is 0 Å². The Balaban J connectivity index is 2.64. The van der Waals surface area contributed by atoms with Gasteiger partial charge >= 0.3 is 0 Å². The summed E-state index contributed by atoms with van der Waals surface area (Å²) in [4.78, 5) is 14.0. The van der Waals surface area contributed by atoms with E-state index in [2.05, 4.69) is 19.6 Å². The van der Waals surface area contributed by atoms with Gasteiger partial charge in [0.05, 0.1) is 10.9 Å². The first-order valence-corrected chi connectivity index (χ1v) is 6.43. The van der Waals surface area contributed by atoms with Crippen LogP contribution in [0.5, 0.6) is 0 Å². The average Bonchev–Trinajstić information content (AvgIpc) is 2.27. The van der Waals surface area contributed by atoms with Gasteiger partial charge in [0.1, 0.15) is 0 Å². The lowest BCUT2D eigenvalue weighted by atomic mass is 9.94. The molecule has 1 heterocycles. The predicted molar refractivity (Wildman–Crippen MR) is 68.8 cm³/mol. The molecule has 0 radical (unpaired) electrons. The summed E-state index contributed by atoms with van der Waals surface area (Å²) in [7, 11) is 1.72. The van der Waals surface area contributed by atoms with E-state index in [0.29, 0.717) is 6.54 Å². The molecule has 0 spiro atoms. The molecule has 0 aliphatic carbocycles. The van der Waals surface area contributed by atoms with E-state index in [4.69, 9.17) is 4.74 Å². The van der Waals surface area contributed by atoms with Crippen LogP contribution in [0.3, 0.4) is 0 Å². The van der Waals surface area contributed by atoms with Gasteiger partial charge in [-0.15, -0.1) is 0 Å². The highest BCUT2D eigenvalue weighted by Gasteiger charge is 2.35. The number of carbonyl (C=O) groups is 1. The van der Waals surface area contributed by atoms with Gasteiger partial charge in [-0.2, -0.15) is 12.6 Å². The smallest absolute Gasteiger partial charge is 0.235 e. The number of hydrogen-bond acceptors (Lipinski definition) is 3. The number of nitrogens with zero attached hydrogens (tertiary/aromatic N) is 1. The van der Waals surface area contributed by atoms with Crippen molar-refractivity contribution in [1.82, 2.24) is 4.90 Å². The van der Waals surface area contributed by atoms with Crippen LogP contribution in [0.4, 0.5) is 0 Å². The van der Waals surface area contributed by atoms with Gasteiger partial charge in [-0.05, 0) is 25.7 Å². The van der Waals surface area contributed by atoms with Gasteiger partial charge in [-0.3, -0.25) is 4.79 Å². The Morgan fingerprint density at radius 3 is 2.62 bits per heavy atom. The van der Waals surface area contributed by atoms with E-state index in [0.717, 1.165) is 19.4 Å². The van der Waals surface area contributed by atoms with Gasteiger partial charge < -0.3 is 9.64 Å². The van der Waals surface area contributed by atoms with E-state index in [1.54, 1.807) is 7.11 Å². The second-order valence-electron chi connectivity index (χ2n) is 5.21. The number of hydrogen-bond donors (Lipinski definition) is 1. The van der Waals surface area contributed by atoms with E-state index in [9.17, 15) is 4.79 Å². The maximum atomic E-state index is 12.1. The fourth-order valence-electron chi connectivity index (χ4n) is 2.03. The summed E-state index contributed by atoms with van der Waals surface area (Å²) >= 11 is 4.38. The first-order valence-electron chi connectivity index (χ1n) is 5.91. The van der Waals surface area contributed by atoms with Crippen LogP contribution in [-0.4, -0.2) is 41.9 Å². The molecule has 4 heteroatoms. The quantitative estimate of drug-likeness (QED) is 0.770. The zero-order valence-corrected chi connectivity index (χ0v) is 11.6. The van der Waals surface area contributed by atoms with E-state index in [-0.39, 0.29) is 22.7 Å². The van der Waals surface area contributed by atoms with Gasteiger partial charge in [-0.1, -0.05) is 13.8 Å². The van der Waals surface area contributed by atoms with Crippen molar-refractivity contribution in [2.45, 2.75) is 44.5 Å². The van der Waals surface area contributed by atoms with Crippen molar-refractivity contribution in [2.75, 3.05) is 20.2 Å². The fraction of sp³-hybridized carbons (Fsp3) is 0.917. The summed E-state index contributed by atoms with van der Waals surface area (Å²) in [6.07, 6.45) is 2.03. The normalized spacial score (nSPS) is 28.2. The summed E-state index contributed by atoms with van der Waals surface area (Å²) in [5.41, 5.74) is -0.182. The standard InChI is InChI=1S/C12H23NO2S/c1-9(2)10(16)11(14)13-7-5-6-12(3,8-13)15-4/h9-10,16H,5-8H2,1-4H3. The molecular weight excluding hydrogens is 222 g/mol. The lowest BCUT2D eigenvalue weighted by molar-refractivity contribution is -0.139. The molecule has 3 nitrogen and oxygen atoms in total. The first kappa shape index (κ1) is 13.8. The summed E-state index contributed by atoms with van der Waals surface area (Å²) in [5, 5.41) is -0.195. The topological polar surface area (TPSA) is 29.5 Å². The van der Waals surface area contributed by atoms with Crippen molar-refractivity contribution in [3.05, 3.63) is 0 Å². The van der Waals surface area contributed by atoms with Gasteiger partial charge in [0.25, 0.3) is 0 Å². The molecule has 1 fully saturated rings. The molecule has 1 rings (SSSR count). The number of likely N-dealkylation sites (tertiary alicyclic amines) is 1. The first-order chi connectivity index (χ1) is 7.39. The molecule has 0 saturated carbocycles. The van der Waals surface area contributed by atoms with Gasteiger partial charge in [-0.25, -0.2) is 0 Å². The molecule has 0 N–H and O–H groups in total. The molecule has 0 aromatic heterocycles. The maximum absolute atomic E-state index is 12.1. The van der Waals surface area contributed by atoms with Crippen LogP contribution in [0.15, 0.2) is 0 Å². The predicted octanol–water partition coefficient (Wildman–Crippen LogP) is 1.97. The Morgan fingerprint density at radius 1 is 1.50 bits per heavy atom. The second-order valence-corrected chi connectivity index (χ2v) is 5.76. The number of rotatable bonds is 3. The largest absolute Gasteiger partial charge is 0.377 e. The molecule has 1 saturated heterocycles. The molecule has 2 unspecified atom stereocenters. The van der Waals surface area contributed by atoms with Gasteiger partial charge in [0.15, 0.2) is 0 Å². The number of piperidine rings is 1. The molecule has 1 amide bonds. The van der Waals surface area contributed by atoms with E-state index >= 15 is 0 Å². The third-order valence-corrected chi connectivity index (χ3v) is 4.17. The zero-order valence-electron chi connectivity index (χ0n) is 10.7. The lowest BCUT2D eigenvalue weighted by Crippen LogP contribution is -2.52. The van der Waals surface area contributed by atoms with Crippen LogP contribution >= 0.6 is 12.6 Å². The number of carbonyl (C=O) groups excluding carboxylic acids is 1. The summed E-state index contributed by atoms with van der Waals surface area (Å²) in [6, 6.07) is 0. The molecule has 0 aromatic carbocycles. The highest BCUT2D eigenvalue weighted by Crippen LogP contribution is 2.25. The SMILES string of the molecule is COC1(C)CCCN(C(=O)C(S)C(C)C)C1. The van der Waals surface area contributed by atoms with Gasteiger partial charge in [0.2, 0.25) is 5.91 Å². The number of methoxy groups -OCH3 is 1. The monoisotopic (exact) mass is 245 g/mol. The second kappa shape index (κ2) is 5.41. The van der Waals surface area contributed by atoms with E-state index in [1.165, 1.54) is 0 Å². The Kier molecular flexibility index (Phi) is 4.68. The zero-order chi connectivity index (χ0) is 12.3.